The highest BCUT2D eigenvalue weighted by Gasteiger charge is 2.20. The van der Waals surface area contributed by atoms with Gasteiger partial charge in [-0.1, -0.05) is 27.7 Å². The normalized spacial score (nSPS) is 13.8. The second-order valence-electron chi connectivity index (χ2n) is 5.61. The van der Waals surface area contributed by atoms with E-state index in [1.54, 1.807) is 11.3 Å². The van der Waals surface area contributed by atoms with E-state index in [1.165, 1.54) is 22.9 Å². The second-order valence-corrected chi connectivity index (χ2v) is 7.48. The number of nitrogens with zero attached hydrogens (tertiary/aromatic N) is 1. The topological polar surface area (TPSA) is 24.9 Å². The van der Waals surface area contributed by atoms with Crippen molar-refractivity contribution >= 4 is 23.1 Å². The fourth-order valence-corrected chi connectivity index (χ4v) is 3.29. The van der Waals surface area contributed by atoms with Gasteiger partial charge in [0.25, 0.3) is 0 Å². The van der Waals surface area contributed by atoms with E-state index in [0.717, 1.165) is 13.0 Å². The van der Waals surface area contributed by atoms with Gasteiger partial charge in [0.05, 0.1) is 11.7 Å². The molecule has 0 aliphatic carbocycles. The van der Waals surface area contributed by atoms with Crippen molar-refractivity contribution in [3.05, 3.63) is 16.1 Å². The lowest BCUT2D eigenvalue weighted by molar-refractivity contribution is 0.510. The van der Waals surface area contributed by atoms with Crippen LogP contribution in [0.3, 0.4) is 0 Å². The molecule has 1 heterocycles. The fourth-order valence-electron chi connectivity index (χ4n) is 1.66. The molecule has 1 unspecified atom stereocenters. The molecule has 1 rings (SSSR count). The summed E-state index contributed by atoms with van der Waals surface area (Å²) in [5.41, 5.74) is 1.37. The van der Waals surface area contributed by atoms with E-state index in [1.807, 2.05) is 11.8 Å². The van der Waals surface area contributed by atoms with Crippen LogP contribution in [0.5, 0.6) is 0 Å². The van der Waals surface area contributed by atoms with Crippen LogP contribution in [-0.4, -0.2) is 23.5 Å². The van der Waals surface area contributed by atoms with Gasteiger partial charge in [-0.05, 0) is 31.4 Å². The van der Waals surface area contributed by atoms with Crippen LogP contribution in [0.1, 0.15) is 57.3 Å². The number of hydrogen-bond acceptors (Lipinski definition) is 4. The summed E-state index contributed by atoms with van der Waals surface area (Å²) in [7, 11) is 0. The Bertz CT molecular complexity index is 334. The van der Waals surface area contributed by atoms with Crippen LogP contribution in [0.2, 0.25) is 0 Å². The molecule has 0 spiro atoms. The summed E-state index contributed by atoms with van der Waals surface area (Å²) < 4.78 is 0. The predicted octanol–water partition coefficient (Wildman–Crippen LogP) is 4.23. The molecule has 0 amide bonds. The molecule has 1 atom stereocenters. The zero-order chi connectivity index (χ0) is 13.6. The van der Waals surface area contributed by atoms with Crippen molar-refractivity contribution in [2.24, 2.45) is 0 Å². The molecule has 0 aromatic carbocycles. The van der Waals surface area contributed by atoms with Gasteiger partial charge in [-0.25, -0.2) is 4.98 Å². The van der Waals surface area contributed by atoms with Crippen molar-refractivity contribution < 1.29 is 0 Å². The van der Waals surface area contributed by atoms with Crippen LogP contribution in [0.15, 0.2) is 5.38 Å². The predicted molar refractivity (Wildman–Crippen MR) is 84.8 cm³/mol. The Balaban J connectivity index is 2.74. The number of thioether (sulfide) groups is 1. The Hall–Kier alpha value is -0.0600. The van der Waals surface area contributed by atoms with Crippen molar-refractivity contribution in [2.75, 3.05) is 18.6 Å². The summed E-state index contributed by atoms with van der Waals surface area (Å²) in [6.07, 6.45) is 4.50. The third-order valence-electron chi connectivity index (χ3n) is 2.84. The first-order chi connectivity index (χ1) is 8.49. The maximum atomic E-state index is 4.83. The minimum Gasteiger partial charge on any atom is -0.308 e. The maximum Gasteiger partial charge on any atom is 0.110 e. The van der Waals surface area contributed by atoms with Crippen LogP contribution in [0.4, 0.5) is 0 Å². The number of nitrogens with one attached hydrogen (secondary N) is 1. The summed E-state index contributed by atoms with van der Waals surface area (Å²) in [5.74, 6) is 1.19. The highest BCUT2D eigenvalue weighted by molar-refractivity contribution is 7.98. The zero-order valence-electron chi connectivity index (χ0n) is 12.2. The van der Waals surface area contributed by atoms with Crippen molar-refractivity contribution in [2.45, 2.75) is 52.0 Å². The standard InChI is InChI=1S/C14H26N2S2/c1-6-8-15-11(7-9-17-5)13-16-12(10-18-13)14(2,3)4/h10-11,15H,6-9H2,1-5H3. The van der Waals surface area contributed by atoms with E-state index in [-0.39, 0.29) is 5.41 Å². The molecule has 4 heteroatoms. The molecule has 0 radical (unpaired) electrons. The molecule has 104 valence electrons. The van der Waals surface area contributed by atoms with Crippen molar-refractivity contribution in [3.8, 4) is 0 Å². The first kappa shape index (κ1) is 16.0. The summed E-state index contributed by atoms with van der Waals surface area (Å²) in [4.78, 5) is 4.83. The zero-order valence-corrected chi connectivity index (χ0v) is 13.9. The largest absolute Gasteiger partial charge is 0.308 e. The lowest BCUT2D eigenvalue weighted by Gasteiger charge is -2.17. The molecule has 0 saturated heterocycles. The molecule has 1 N–H and O–H groups in total. The van der Waals surface area contributed by atoms with Crippen molar-refractivity contribution in [1.29, 1.82) is 0 Å². The number of hydrogen-bond donors (Lipinski definition) is 1. The van der Waals surface area contributed by atoms with Gasteiger partial charge in [0.2, 0.25) is 0 Å². The molecule has 0 aliphatic rings. The minimum atomic E-state index is 0.156. The van der Waals surface area contributed by atoms with Crippen LogP contribution < -0.4 is 5.32 Å². The summed E-state index contributed by atoms with van der Waals surface area (Å²) in [5, 5.41) is 7.09. The third-order valence-corrected chi connectivity index (χ3v) is 4.44. The lowest BCUT2D eigenvalue weighted by atomic mass is 9.93. The second kappa shape index (κ2) is 7.51. The Kier molecular flexibility index (Phi) is 6.67. The number of thiazole rings is 1. The van der Waals surface area contributed by atoms with Crippen molar-refractivity contribution in [1.82, 2.24) is 10.3 Å². The summed E-state index contributed by atoms with van der Waals surface area (Å²) >= 11 is 3.71. The van der Waals surface area contributed by atoms with Gasteiger partial charge in [0, 0.05) is 10.8 Å². The Labute approximate surface area is 120 Å². The van der Waals surface area contributed by atoms with Gasteiger partial charge in [0.1, 0.15) is 5.01 Å². The Morgan fingerprint density at radius 2 is 2.17 bits per heavy atom. The molecule has 1 aromatic heterocycles. The van der Waals surface area contributed by atoms with Crippen LogP contribution >= 0.6 is 23.1 Å². The first-order valence-corrected chi connectivity index (χ1v) is 8.94. The SMILES string of the molecule is CCCNC(CCSC)c1nc(C(C)(C)C)cs1. The minimum absolute atomic E-state index is 0.156. The Morgan fingerprint density at radius 1 is 1.44 bits per heavy atom. The highest BCUT2D eigenvalue weighted by Crippen LogP contribution is 2.28. The number of rotatable bonds is 7. The van der Waals surface area contributed by atoms with Gasteiger partial charge in [-0.2, -0.15) is 11.8 Å². The van der Waals surface area contributed by atoms with E-state index in [9.17, 15) is 0 Å². The average Bonchev–Trinajstić information content (AvgIpc) is 2.78. The van der Waals surface area contributed by atoms with Crippen LogP contribution in [0.25, 0.3) is 0 Å². The monoisotopic (exact) mass is 286 g/mol. The number of aromatic nitrogens is 1. The third kappa shape index (κ3) is 4.90. The molecule has 0 aliphatic heterocycles. The summed E-state index contributed by atoms with van der Waals surface area (Å²) in [6.45, 7) is 9.96. The molecule has 18 heavy (non-hydrogen) atoms. The smallest absolute Gasteiger partial charge is 0.110 e. The van der Waals surface area contributed by atoms with Gasteiger partial charge in [-0.3, -0.25) is 0 Å². The van der Waals surface area contributed by atoms with Gasteiger partial charge < -0.3 is 5.32 Å². The molecule has 0 fully saturated rings. The fraction of sp³-hybridized carbons (Fsp3) is 0.786. The first-order valence-electron chi connectivity index (χ1n) is 6.67. The van der Waals surface area contributed by atoms with Gasteiger partial charge >= 0.3 is 0 Å². The van der Waals surface area contributed by atoms with Gasteiger partial charge in [0.15, 0.2) is 0 Å². The lowest BCUT2D eigenvalue weighted by Crippen LogP contribution is -2.23. The quantitative estimate of drug-likeness (QED) is 0.812. The molecule has 1 aromatic rings. The van der Waals surface area contributed by atoms with Crippen molar-refractivity contribution in [3.63, 3.8) is 0 Å². The van der Waals surface area contributed by atoms with Gasteiger partial charge in [-0.15, -0.1) is 11.3 Å². The molecule has 0 bridgehead atoms. The summed E-state index contributed by atoms with van der Waals surface area (Å²) in [6, 6.07) is 0.429. The van der Waals surface area contributed by atoms with Crippen LogP contribution in [0, 0.1) is 0 Å². The van der Waals surface area contributed by atoms with E-state index < -0.39 is 0 Å². The molecular formula is C14H26N2S2. The highest BCUT2D eigenvalue weighted by atomic mass is 32.2. The van der Waals surface area contributed by atoms with E-state index in [2.05, 4.69) is 44.6 Å². The van der Waals surface area contributed by atoms with E-state index in [4.69, 9.17) is 4.98 Å². The molecular weight excluding hydrogens is 260 g/mol. The molecule has 0 saturated carbocycles. The Morgan fingerprint density at radius 3 is 2.67 bits per heavy atom. The maximum absolute atomic E-state index is 4.83. The average molecular weight is 287 g/mol. The van der Waals surface area contributed by atoms with E-state index >= 15 is 0 Å². The molecule has 2 nitrogen and oxygen atoms in total. The van der Waals surface area contributed by atoms with E-state index in [0.29, 0.717) is 6.04 Å². The van der Waals surface area contributed by atoms with Crippen LogP contribution in [-0.2, 0) is 5.41 Å².